The third-order valence-electron chi connectivity index (χ3n) is 7.82. The highest BCUT2D eigenvalue weighted by Crippen LogP contribution is 2.32. The summed E-state index contributed by atoms with van der Waals surface area (Å²) in [5.74, 6) is 1.15. The summed E-state index contributed by atoms with van der Waals surface area (Å²) in [5, 5.41) is 13.5. The summed E-state index contributed by atoms with van der Waals surface area (Å²) in [4.78, 5) is 29.4. The van der Waals surface area contributed by atoms with Crippen molar-refractivity contribution in [3.63, 3.8) is 0 Å². The summed E-state index contributed by atoms with van der Waals surface area (Å²) in [5.41, 5.74) is 3.67. The van der Waals surface area contributed by atoms with Gasteiger partial charge in [-0.2, -0.15) is 0 Å². The molecule has 1 amide bonds. The molecule has 1 aromatic heterocycles. The molecule has 1 atom stereocenters. The smallest absolute Gasteiger partial charge is 0.335 e. The minimum Gasteiger partial charge on any atom is -0.489 e. The Bertz CT molecular complexity index is 1580. The number of imidazole rings is 1. The van der Waals surface area contributed by atoms with E-state index in [0.29, 0.717) is 41.2 Å². The van der Waals surface area contributed by atoms with Crippen LogP contribution < -0.4 is 10.1 Å². The van der Waals surface area contributed by atoms with Crippen molar-refractivity contribution in [3.8, 4) is 17.0 Å². The Morgan fingerprint density at radius 2 is 1.67 bits per heavy atom. The van der Waals surface area contributed by atoms with Crippen molar-refractivity contribution >= 4 is 35.1 Å². The first-order valence-corrected chi connectivity index (χ1v) is 16.7. The molecule has 4 aromatic rings. The van der Waals surface area contributed by atoms with E-state index in [1.165, 1.54) is 0 Å². The average Bonchev–Trinajstić information content (AvgIpc) is 3.45. The van der Waals surface area contributed by atoms with E-state index in [4.69, 9.17) is 38.0 Å². The second-order valence-electron chi connectivity index (χ2n) is 12.1. The minimum atomic E-state index is -0.957. The average molecular weight is 665 g/mol. The number of amides is 1. The van der Waals surface area contributed by atoms with Crippen LogP contribution >= 0.6 is 23.2 Å². The van der Waals surface area contributed by atoms with Crippen LogP contribution in [-0.2, 0) is 24.4 Å². The molecule has 0 bridgehead atoms. The van der Waals surface area contributed by atoms with Crippen LogP contribution in [0.5, 0.6) is 5.75 Å². The highest BCUT2D eigenvalue weighted by molar-refractivity contribution is 6.36. The van der Waals surface area contributed by atoms with Gasteiger partial charge in [-0.15, -0.1) is 0 Å². The molecule has 9 heteroatoms. The Kier molecular flexibility index (Phi) is 13.1. The second kappa shape index (κ2) is 17.2. The number of ether oxygens (including phenoxy) is 1. The van der Waals surface area contributed by atoms with Gasteiger partial charge in [-0.1, -0.05) is 87.5 Å². The van der Waals surface area contributed by atoms with Gasteiger partial charge in [-0.05, 0) is 78.8 Å². The van der Waals surface area contributed by atoms with Crippen LogP contribution in [0, 0.1) is 5.92 Å². The lowest BCUT2D eigenvalue weighted by Gasteiger charge is -2.20. The number of hydrogen-bond acceptors (Lipinski definition) is 4. The number of aryl methyl sites for hydroxylation is 1. The van der Waals surface area contributed by atoms with E-state index in [-0.39, 0.29) is 17.5 Å². The highest BCUT2D eigenvalue weighted by Gasteiger charge is 2.23. The number of carboxylic acids is 1. The monoisotopic (exact) mass is 663 g/mol. The van der Waals surface area contributed by atoms with Gasteiger partial charge in [-0.3, -0.25) is 4.79 Å². The number of aromatic nitrogens is 2. The molecule has 1 heterocycles. The maximum absolute atomic E-state index is 13.3. The summed E-state index contributed by atoms with van der Waals surface area (Å²) in [6.07, 6.45) is 7.99. The Morgan fingerprint density at radius 1 is 0.957 bits per heavy atom. The normalized spacial score (nSPS) is 11.9. The highest BCUT2D eigenvalue weighted by atomic mass is 35.5. The van der Waals surface area contributed by atoms with E-state index >= 15 is 0 Å². The van der Waals surface area contributed by atoms with Gasteiger partial charge in [0.1, 0.15) is 18.2 Å². The van der Waals surface area contributed by atoms with Crippen LogP contribution in [0.4, 0.5) is 0 Å². The van der Waals surface area contributed by atoms with Gasteiger partial charge in [0.15, 0.2) is 0 Å². The van der Waals surface area contributed by atoms with Crippen molar-refractivity contribution in [1.82, 2.24) is 14.9 Å². The van der Waals surface area contributed by atoms with Gasteiger partial charge in [0.25, 0.3) is 0 Å². The van der Waals surface area contributed by atoms with Crippen molar-refractivity contribution in [2.75, 3.05) is 0 Å². The molecule has 0 spiro atoms. The van der Waals surface area contributed by atoms with Crippen molar-refractivity contribution in [2.45, 2.75) is 84.9 Å². The fourth-order valence-corrected chi connectivity index (χ4v) is 5.73. The number of halogens is 2. The molecular formula is C37H43Cl2N3O4. The maximum atomic E-state index is 13.3. The molecule has 0 unspecified atom stereocenters. The molecule has 0 aliphatic carbocycles. The molecule has 46 heavy (non-hydrogen) atoms. The zero-order chi connectivity index (χ0) is 33.1. The van der Waals surface area contributed by atoms with Crippen molar-refractivity contribution in [3.05, 3.63) is 105 Å². The molecular weight excluding hydrogens is 621 g/mol. The largest absolute Gasteiger partial charge is 0.489 e. The summed E-state index contributed by atoms with van der Waals surface area (Å²) < 4.78 is 8.09. The van der Waals surface area contributed by atoms with E-state index in [1.807, 2.05) is 36.5 Å². The van der Waals surface area contributed by atoms with Crippen LogP contribution in [0.1, 0.15) is 92.6 Å². The summed E-state index contributed by atoms with van der Waals surface area (Å²) in [6.45, 7) is 7.64. The van der Waals surface area contributed by atoms with E-state index in [1.54, 1.807) is 36.4 Å². The van der Waals surface area contributed by atoms with Crippen molar-refractivity contribution in [2.24, 2.45) is 5.92 Å². The SMILES string of the molecule is CCCCn1cc(-c2ccc(Cl)cc2Cl)nc1[C@H](Cc1ccc(OCc2ccc(C(=O)O)cc2)cc1)NC(=O)CCCCC(C)C. The van der Waals surface area contributed by atoms with Gasteiger partial charge < -0.3 is 19.7 Å². The third-order valence-corrected chi connectivity index (χ3v) is 8.37. The quantitative estimate of drug-likeness (QED) is 0.110. The number of carbonyl (C=O) groups excluding carboxylic acids is 1. The van der Waals surface area contributed by atoms with E-state index in [0.717, 1.165) is 66.9 Å². The first-order chi connectivity index (χ1) is 22.1. The number of rotatable bonds is 17. The predicted molar refractivity (Wildman–Crippen MR) is 185 cm³/mol. The number of benzene rings is 3. The molecule has 0 saturated carbocycles. The number of nitrogens with one attached hydrogen (secondary N) is 1. The van der Waals surface area contributed by atoms with Gasteiger partial charge >= 0.3 is 5.97 Å². The van der Waals surface area contributed by atoms with Gasteiger partial charge in [0.2, 0.25) is 5.91 Å². The predicted octanol–water partition coefficient (Wildman–Crippen LogP) is 9.55. The van der Waals surface area contributed by atoms with Crippen LogP contribution in [-0.4, -0.2) is 26.5 Å². The molecule has 7 nitrogen and oxygen atoms in total. The minimum absolute atomic E-state index is 0.0127. The second-order valence-corrected chi connectivity index (χ2v) is 12.9. The van der Waals surface area contributed by atoms with E-state index < -0.39 is 5.97 Å². The van der Waals surface area contributed by atoms with Crippen LogP contribution in [0.2, 0.25) is 10.0 Å². The summed E-state index contributed by atoms with van der Waals surface area (Å²) in [6, 6.07) is 19.5. The van der Waals surface area contributed by atoms with Crippen molar-refractivity contribution in [1.29, 1.82) is 0 Å². The molecule has 0 aliphatic rings. The third kappa shape index (κ3) is 10.4. The molecule has 3 aromatic carbocycles. The lowest BCUT2D eigenvalue weighted by atomic mass is 10.0. The lowest BCUT2D eigenvalue weighted by Crippen LogP contribution is -2.32. The molecule has 4 rings (SSSR count). The Hall–Kier alpha value is -3.81. The fourth-order valence-electron chi connectivity index (χ4n) is 5.22. The zero-order valence-corrected chi connectivity index (χ0v) is 28.3. The van der Waals surface area contributed by atoms with Crippen molar-refractivity contribution < 1.29 is 19.4 Å². The topological polar surface area (TPSA) is 93.5 Å². The van der Waals surface area contributed by atoms with Crippen LogP contribution in [0.3, 0.4) is 0 Å². The number of unbranched alkanes of at least 4 members (excludes halogenated alkanes) is 2. The first kappa shape index (κ1) is 35.1. The molecule has 0 fully saturated rings. The standard InChI is InChI=1S/C37H43Cl2N3O4/c1-4-5-20-42-23-34(31-19-16-29(38)22-32(31)39)41-36(42)33(40-35(43)9-7-6-8-25(2)3)21-26-12-17-30(18-13-26)46-24-27-10-14-28(15-11-27)37(44)45/h10-19,22-23,25,33H,4-9,20-21,24H2,1-3H3,(H,40,43)(H,44,45)/t33-/m0/s1. The molecule has 0 aliphatic heterocycles. The number of nitrogens with zero attached hydrogens (tertiary/aromatic N) is 2. The summed E-state index contributed by atoms with van der Waals surface area (Å²) in [7, 11) is 0. The number of aromatic carboxylic acids is 1. The number of carbonyl (C=O) groups is 2. The Morgan fingerprint density at radius 3 is 2.33 bits per heavy atom. The molecule has 0 radical (unpaired) electrons. The molecule has 2 N–H and O–H groups in total. The van der Waals surface area contributed by atoms with Crippen LogP contribution in [0.15, 0.2) is 72.9 Å². The maximum Gasteiger partial charge on any atom is 0.335 e. The summed E-state index contributed by atoms with van der Waals surface area (Å²) >= 11 is 12.7. The Balaban J connectivity index is 1.55. The lowest BCUT2D eigenvalue weighted by molar-refractivity contribution is -0.122. The van der Waals surface area contributed by atoms with E-state index in [2.05, 4.69) is 30.7 Å². The number of hydrogen-bond donors (Lipinski definition) is 2. The molecule has 0 saturated heterocycles. The fraction of sp³-hybridized carbons (Fsp3) is 0.378. The number of carboxylic acid groups (broad SMARTS) is 1. The zero-order valence-electron chi connectivity index (χ0n) is 26.8. The Labute approximate surface area is 281 Å². The van der Waals surface area contributed by atoms with Gasteiger partial charge in [-0.25, -0.2) is 9.78 Å². The molecule has 244 valence electrons. The van der Waals surface area contributed by atoms with Gasteiger partial charge in [0, 0.05) is 29.7 Å². The first-order valence-electron chi connectivity index (χ1n) is 16.0. The van der Waals surface area contributed by atoms with Crippen LogP contribution in [0.25, 0.3) is 11.3 Å². The van der Waals surface area contributed by atoms with E-state index in [9.17, 15) is 9.59 Å². The van der Waals surface area contributed by atoms with Gasteiger partial charge in [0.05, 0.1) is 22.3 Å².